The van der Waals surface area contributed by atoms with Crippen molar-refractivity contribution < 1.29 is 18.9 Å². The molecular formula is C22H22N4O4. The maximum atomic E-state index is 10.4. The van der Waals surface area contributed by atoms with Crippen molar-refractivity contribution in [2.75, 3.05) is 14.2 Å². The summed E-state index contributed by atoms with van der Waals surface area (Å²) in [5.41, 5.74) is -3.31. The van der Waals surface area contributed by atoms with Crippen molar-refractivity contribution in [2.24, 2.45) is 16.7 Å². The van der Waals surface area contributed by atoms with E-state index in [1.807, 2.05) is 0 Å². The van der Waals surface area contributed by atoms with Crippen molar-refractivity contribution in [2.45, 2.75) is 44.0 Å². The van der Waals surface area contributed by atoms with Gasteiger partial charge in [-0.15, -0.1) is 0 Å². The number of ether oxygens (including phenoxy) is 4. The number of rotatable bonds is 3. The molecule has 0 amide bonds. The highest BCUT2D eigenvalue weighted by Gasteiger charge is 2.80. The maximum Gasteiger partial charge on any atom is 0.217 e. The Bertz CT molecular complexity index is 1010. The van der Waals surface area contributed by atoms with Gasteiger partial charge in [0.15, 0.2) is 5.41 Å². The van der Waals surface area contributed by atoms with Gasteiger partial charge in [0.1, 0.15) is 17.6 Å². The zero-order valence-electron chi connectivity index (χ0n) is 16.9. The predicted molar refractivity (Wildman–Crippen MR) is 103 cm³/mol. The van der Waals surface area contributed by atoms with Crippen LogP contribution in [0.2, 0.25) is 0 Å². The summed E-state index contributed by atoms with van der Waals surface area (Å²) in [5.74, 6) is -1.26. The van der Waals surface area contributed by atoms with Crippen molar-refractivity contribution >= 4 is 5.90 Å². The van der Waals surface area contributed by atoms with Crippen LogP contribution in [0.5, 0.6) is 11.5 Å². The Morgan fingerprint density at radius 2 is 1.83 bits per heavy atom. The highest BCUT2D eigenvalue weighted by molar-refractivity contribution is 5.89. The van der Waals surface area contributed by atoms with E-state index in [0.29, 0.717) is 29.9 Å². The van der Waals surface area contributed by atoms with Gasteiger partial charge in [0, 0.05) is 12.0 Å². The summed E-state index contributed by atoms with van der Waals surface area (Å²) in [6.07, 6.45) is 2.42. The van der Waals surface area contributed by atoms with Crippen LogP contribution in [0.15, 0.2) is 18.2 Å². The number of nitrogens with zero attached hydrogens (tertiary/aromatic N) is 3. The topological polar surface area (TPSA) is 132 Å². The molecule has 8 nitrogen and oxygen atoms in total. The van der Waals surface area contributed by atoms with Gasteiger partial charge in [-0.3, -0.25) is 5.41 Å². The summed E-state index contributed by atoms with van der Waals surface area (Å²) < 4.78 is 23.3. The van der Waals surface area contributed by atoms with E-state index in [1.165, 1.54) is 14.2 Å². The van der Waals surface area contributed by atoms with Crippen LogP contribution in [0.1, 0.15) is 43.8 Å². The van der Waals surface area contributed by atoms with Crippen LogP contribution in [-0.4, -0.2) is 25.9 Å². The Morgan fingerprint density at radius 1 is 1.07 bits per heavy atom. The van der Waals surface area contributed by atoms with E-state index in [-0.39, 0.29) is 5.90 Å². The standard InChI is InChI=1S/C22H22N4O4/c1-27-14-7-8-16(28-2)15(10-14)18-20(11-23,12-24)21(13-25)17-6-4-3-5-9-22(17,29-18)30-19(21)26/h7-8,10,17-18,26H,3-6,9H2,1-2H3. The van der Waals surface area contributed by atoms with Crippen LogP contribution in [0.4, 0.5) is 0 Å². The molecule has 0 spiro atoms. The molecule has 1 saturated carbocycles. The van der Waals surface area contributed by atoms with Gasteiger partial charge in [-0.25, -0.2) is 0 Å². The van der Waals surface area contributed by atoms with Crippen molar-refractivity contribution in [3.8, 4) is 29.7 Å². The molecule has 30 heavy (non-hydrogen) atoms. The second-order valence-corrected chi connectivity index (χ2v) is 7.95. The molecule has 1 aromatic carbocycles. The summed E-state index contributed by atoms with van der Waals surface area (Å²) in [4.78, 5) is 0. The molecule has 0 aromatic heterocycles. The van der Waals surface area contributed by atoms with Gasteiger partial charge in [0.25, 0.3) is 0 Å². The Labute approximate surface area is 175 Å². The molecule has 4 unspecified atom stereocenters. The molecule has 2 aliphatic heterocycles. The normalized spacial score (nSPS) is 33.6. The molecular weight excluding hydrogens is 384 g/mol. The quantitative estimate of drug-likeness (QED) is 0.811. The number of hydrogen-bond acceptors (Lipinski definition) is 8. The SMILES string of the molecule is COc1ccc(OC)c(C2OC34CCCCCC3C(C#N)(C(=N)O4)C2(C#N)C#N)c1. The van der Waals surface area contributed by atoms with Crippen LogP contribution in [0, 0.1) is 56.2 Å². The fraction of sp³-hybridized carbons (Fsp3) is 0.545. The molecule has 154 valence electrons. The molecule has 3 fully saturated rings. The van der Waals surface area contributed by atoms with Crippen LogP contribution in [-0.2, 0) is 9.47 Å². The molecule has 0 radical (unpaired) electrons. The van der Waals surface area contributed by atoms with Crippen molar-refractivity contribution in [1.29, 1.82) is 21.2 Å². The molecule has 1 aliphatic carbocycles. The molecule has 8 heteroatoms. The smallest absolute Gasteiger partial charge is 0.217 e. The van der Waals surface area contributed by atoms with Gasteiger partial charge >= 0.3 is 0 Å². The van der Waals surface area contributed by atoms with E-state index in [1.54, 1.807) is 18.2 Å². The van der Waals surface area contributed by atoms with Gasteiger partial charge in [0.2, 0.25) is 17.1 Å². The lowest BCUT2D eigenvalue weighted by molar-refractivity contribution is -0.285. The van der Waals surface area contributed by atoms with E-state index in [4.69, 9.17) is 24.4 Å². The van der Waals surface area contributed by atoms with Gasteiger partial charge in [0.05, 0.1) is 38.3 Å². The first kappa shape index (κ1) is 20.0. The minimum Gasteiger partial charge on any atom is -0.497 e. The lowest BCUT2D eigenvalue weighted by atomic mass is 9.52. The summed E-state index contributed by atoms with van der Waals surface area (Å²) in [5, 5.41) is 39.6. The molecule has 3 aliphatic rings. The lowest BCUT2D eigenvalue weighted by Crippen LogP contribution is -2.59. The van der Waals surface area contributed by atoms with Crippen LogP contribution < -0.4 is 9.47 Å². The first-order chi connectivity index (χ1) is 14.5. The lowest BCUT2D eigenvalue weighted by Gasteiger charge is -2.49. The third-order valence-electron chi connectivity index (χ3n) is 6.79. The fourth-order valence-electron chi connectivity index (χ4n) is 5.36. The summed E-state index contributed by atoms with van der Waals surface area (Å²) >= 11 is 0. The van der Waals surface area contributed by atoms with E-state index in [2.05, 4.69) is 18.2 Å². The number of nitriles is 3. The molecule has 1 aromatic rings. The average Bonchev–Trinajstić information content (AvgIpc) is 2.90. The molecule has 2 heterocycles. The Balaban J connectivity index is 2.03. The van der Waals surface area contributed by atoms with E-state index in [0.717, 1.165) is 19.3 Å². The molecule has 4 rings (SSSR count). The summed E-state index contributed by atoms with van der Waals surface area (Å²) in [6, 6.07) is 11.4. The zero-order valence-corrected chi connectivity index (χ0v) is 16.9. The highest BCUT2D eigenvalue weighted by Crippen LogP contribution is 2.69. The third-order valence-corrected chi connectivity index (χ3v) is 6.79. The first-order valence-corrected chi connectivity index (χ1v) is 9.90. The van der Waals surface area contributed by atoms with E-state index >= 15 is 0 Å². The summed E-state index contributed by atoms with van der Waals surface area (Å²) in [6.45, 7) is 0. The summed E-state index contributed by atoms with van der Waals surface area (Å²) in [7, 11) is 2.99. The van der Waals surface area contributed by atoms with E-state index in [9.17, 15) is 15.8 Å². The number of methoxy groups -OCH3 is 2. The Kier molecular flexibility index (Phi) is 4.60. The van der Waals surface area contributed by atoms with Gasteiger partial charge < -0.3 is 18.9 Å². The molecule has 1 N–H and O–H groups in total. The predicted octanol–water partition coefficient (Wildman–Crippen LogP) is 3.60. The molecule has 2 bridgehead atoms. The fourth-order valence-corrected chi connectivity index (χ4v) is 5.36. The van der Waals surface area contributed by atoms with E-state index < -0.39 is 28.6 Å². The van der Waals surface area contributed by atoms with Crippen molar-refractivity contribution in [1.82, 2.24) is 0 Å². The monoisotopic (exact) mass is 406 g/mol. The second-order valence-electron chi connectivity index (χ2n) is 7.95. The second kappa shape index (κ2) is 6.90. The van der Waals surface area contributed by atoms with Crippen molar-refractivity contribution in [3.05, 3.63) is 23.8 Å². The largest absolute Gasteiger partial charge is 0.497 e. The Morgan fingerprint density at radius 3 is 2.47 bits per heavy atom. The molecule has 2 saturated heterocycles. The van der Waals surface area contributed by atoms with Crippen LogP contribution in [0.25, 0.3) is 0 Å². The van der Waals surface area contributed by atoms with Crippen molar-refractivity contribution in [3.63, 3.8) is 0 Å². The minimum atomic E-state index is -1.99. The average molecular weight is 406 g/mol. The number of hydrogen-bond donors (Lipinski definition) is 1. The van der Waals surface area contributed by atoms with Gasteiger partial charge in [-0.05, 0) is 31.0 Å². The van der Waals surface area contributed by atoms with Gasteiger partial charge in [-0.1, -0.05) is 12.8 Å². The van der Waals surface area contributed by atoms with Gasteiger partial charge in [-0.2, -0.15) is 15.8 Å². The number of benzene rings is 1. The zero-order chi connectivity index (χ0) is 21.6. The first-order valence-electron chi connectivity index (χ1n) is 9.90. The Hall–Kier alpha value is -3.28. The van der Waals surface area contributed by atoms with Crippen LogP contribution in [0.3, 0.4) is 0 Å². The maximum absolute atomic E-state index is 10.4. The number of nitrogens with one attached hydrogen (secondary N) is 1. The highest BCUT2D eigenvalue weighted by atomic mass is 16.7. The van der Waals surface area contributed by atoms with Crippen LogP contribution >= 0.6 is 0 Å². The minimum absolute atomic E-state index is 0.357. The third kappa shape index (κ3) is 2.24. The molecule has 4 atom stereocenters.